The molecule has 21 heavy (non-hydrogen) atoms. The topological polar surface area (TPSA) is 66.9 Å². The highest BCUT2D eigenvalue weighted by Crippen LogP contribution is 2.31. The maximum Gasteiger partial charge on any atom is 0.272 e. The molecule has 2 N–H and O–H groups in total. The summed E-state index contributed by atoms with van der Waals surface area (Å²) in [5, 5.41) is 6.15. The van der Waals surface area contributed by atoms with Gasteiger partial charge in [-0.15, -0.1) is 0 Å². The third kappa shape index (κ3) is 3.34. The van der Waals surface area contributed by atoms with Crippen LogP contribution in [0.2, 0.25) is 0 Å². The molecule has 1 aromatic heterocycles. The average molecular weight is 290 g/mol. The largest absolute Gasteiger partial charge is 0.385 e. The quantitative estimate of drug-likeness (QED) is 0.895. The highest BCUT2D eigenvalue weighted by molar-refractivity contribution is 5.97. The zero-order valence-electron chi connectivity index (χ0n) is 13.6. The van der Waals surface area contributed by atoms with Crippen LogP contribution >= 0.6 is 0 Å². The van der Waals surface area contributed by atoms with E-state index < -0.39 is 0 Å². The molecule has 1 saturated carbocycles. The van der Waals surface area contributed by atoms with Gasteiger partial charge in [-0.25, -0.2) is 9.97 Å². The minimum Gasteiger partial charge on any atom is -0.385 e. The van der Waals surface area contributed by atoms with Crippen molar-refractivity contribution in [3.05, 3.63) is 17.7 Å². The summed E-state index contributed by atoms with van der Waals surface area (Å²) in [7, 11) is 1.78. The van der Waals surface area contributed by atoms with Crippen LogP contribution in [0, 0.1) is 11.8 Å². The Kier molecular flexibility index (Phi) is 4.80. The molecule has 1 aliphatic carbocycles. The maximum atomic E-state index is 12.6. The second-order valence-corrected chi connectivity index (χ2v) is 6.39. The van der Waals surface area contributed by atoms with Gasteiger partial charge in [0.15, 0.2) is 5.69 Å². The van der Waals surface area contributed by atoms with Crippen molar-refractivity contribution in [1.82, 2.24) is 15.3 Å². The van der Waals surface area contributed by atoms with E-state index in [2.05, 4.69) is 34.4 Å². The summed E-state index contributed by atoms with van der Waals surface area (Å²) in [5.74, 6) is 1.98. The molecule has 1 heterocycles. The zero-order chi connectivity index (χ0) is 15.6. The molecular weight excluding hydrogens is 264 g/mol. The molecule has 0 bridgehead atoms. The minimum absolute atomic E-state index is 0.102. The third-order valence-corrected chi connectivity index (χ3v) is 4.59. The molecule has 1 fully saturated rings. The summed E-state index contributed by atoms with van der Waals surface area (Å²) in [4.78, 5) is 21.3. The second kappa shape index (κ2) is 6.41. The molecule has 116 valence electrons. The van der Waals surface area contributed by atoms with Crippen molar-refractivity contribution in [2.24, 2.45) is 11.8 Å². The first-order chi connectivity index (χ1) is 9.93. The van der Waals surface area contributed by atoms with Gasteiger partial charge in [-0.05, 0) is 24.7 Å². The van der Waals surface area contributed by atoms with E-state index in [1.807, 2.05) is 13.8 Å². The molecule has 2 rings (SSSR count). The van der Waals surface area contributed by atoms with E-state index >= 15 is 0 Å². The lowest BCUT2D eigenvalue weighted by Gasteiger charge is -2.20. The number of nitrogens with one attached hydrogen (secondary N) is 2. The number of rotatable bonds is 4. The Labute approximate surface area is 127 Å². The first kappa shape index (κ1) is 15.7. The van der Waals surface area contributed by atoms with Crippen molar-refractivity contribution in [1.29, 1.82) is 0 Å². The monoisotopic (exact) mass is 290 g/mol. The van der Waals surface area contributed by atoms with Gasteiger partial charge in [0, 0.05) is 19.0 Å². The summed E-state index contributed by atoms with van der Waals surface area (Å²) < 4.78 is 0. The smallest absolute Gasteiger partial charge is 0.272 e. The van der Waals surface area contributed by atoms with Gasteiger partial charge in [-0.3, -0.25) is 4.79 Å². The van der Waals surface area contributed by atoms with E-state index in [0.29, 0.717) is 29.0 Å². The molecule has 1 aromatic rings. The van der Waals surface area contributed by atoms with Crippen molar-refractivity contribution in [2.45, 2.75) is 52.5 Å². The molecule has 3 unspecified atom stereocenters. The average Bonchev–Trinajstić information content (AvgIpc) is 2.78. The van der Waals surface area contributed by atoms with Gasteiger partial charge in [0.25, 0.3) is 5.91 Å². The van der Waals surface area contributed by atoms with Crippen LogP contribution in [0.15, 0.2) is 6.20 Å². The number of aromatic nitrogens is 2. The third-order valence-electron chi connectivity index (χ3n) is 4.59. The van der Waals surface area contributed by atoms with E-state index in [1.54, 1.807) is 13.2 Å². The van der Waals surface area contributed by atoms with E-state index in [4.69, 9.17) is 0 Å². The number of hydrogen-bond acceptors (Lipinski definition) is 4. The van der Waals surface area contributed by atoms with Gasteiger partial charge < -0.3 is 10.6 Å². The molecular formula is C16H26N4O. The van der Waals surface area contributed by atoms with Crippen LogP contribution in [-0.4, -0.2) is 29.0 Å². The maximum absolute atomic E-state index is 12.6. The summed E-state index contributed by atoms with van der Waals surface area (Å²) in [5.41, 5.74) is 1.12. The summed E-state index contributed by atoms with van der Waals surface area (Å²) in [6, 6.07) is 0.245. The molecule has 1 aliphatic rings. The number of carbonyl (C=O) groups excluding carboxylic acids is 1. The van der Waals surface area contributed by atoms with Crippen LogP contribution in [0.1, 0.15) is 62.8 Å². The second-order valence-electron chi connectivity index (χ2n) is 6.39. The fourth-order valence-corrected chi connectivity index (χ4v) is 2.83. The van der Waals surface area contributed by atoms with Crippen LogP contribution < -0.4 is 10.6 Å². The number of anilines is 1. The minimum atomic E-state index is -0.102. The number of nitrogens with zero attached hydrogens (tertiary/aromatic N) is 2. The zero-order valence-corrected chi connectivity index (χ0v) is 13.6. The number of hydrogen-bond donors (Lipinski definition) is 2. The van der Waals surface area contributed by atoms with Crippen LogP contribution in [-0.2, 0) is 0 Å². The molecule has 0 spiro atoms. The summed E-state index contributed by atoms with van der Waals surface area (Å²) >= 11 is 0. The van der Waals surface area contributed by atoms with E-state index in [9.17, 15) is 4.79 Å². The SMILES string of the molecule is CNc1cnc(C(C)C)nc1C(=O)NC1CCC(C)C1C. The van der Waals surface area contributed by atoms with Crippen molar-refractivity contribution in [3.8, 4) is 0 Å². The van der Waals surface area contributed by atoms with Crippen LogP contribution in [0.4, 0.5) is 5.69 Å². The summed E-state index contributed by atoms with van der Waals surface area (Å²) in [6.07, 6.45) is 3.91. The lowest BCUT2D eigenvalue weighted by molar-refractivity contribution is 0.0922. The van der Waals surface area contributed by atoms with E-state index in [0.717, 1.165) is 6.42 Å². The molecule has 0 aliphatic heterocycles. The van der Waals surface area contributed by atoms with Crippen molar-refractivity contribution in [2.75, 3.05) is 12.4 Å². The first-order valence-electron chi connectivity index (χ1n) is 7.79. The number of carbonyl (C=O) groups is 1. The van der Waals surface area contributed by atoms with Gasteiger partial charge >= 0.3 is 0 Å². The predicted molar refractivity (Wildman–Crippen MR) is 84.5 cm³/mol. The Bertz CT molecular complexity index is 515. The van der Waals surface area contributed by atoms with Crippen LogP contribution in [0.25, 0.3) is 0 Å². The fourth-order valence-electron chi connectivity index (χ4n) is 2.83. The Hall–Kier alpha value is -1.65. The predicted octanol–water partition coefficient (Wildman–Crippen LogP) is 2.81. The lowest BCUT2D eigenvalue weighted by atomic mass is 9.98. The normalized spacial score (nSPS) is 25.1. The van der Waals surface area contributed by atoms with Crippen LogP contribution in [0.5, 0.6) is 0 Å². The molecule has 3 atom stereocenters. The van der Waals surface area contributed by atoms with Crippen LogP contribution in [0.3, 0.4) is 0 Å². The Morgan fingerprint density at radius 2 is 2.05 bits per heavy atom. The van der Waals surface area contributed by atoms with Gasteiger partial charge in [0.2, 0.25) is 0 Å². The Morgan fingerprint density at radius 3 is 2.57 bits per heavy atom. The van der Waals surface area contributed by atoms with Gasteiger partial charge in [0.05, 0.1) is 11.9 Å². The fraction of sp³-hybridized carbons (Fsp3) is 0.688. The standard InChI is InChI=1S/C16H26N4O/c1-9(2)15-18-8-13(17-5)14(20-15)16(21)19-12-7-6-10(3)11(12)4/h8-12,17H,6-7H2,1-5H3,(H,19,21). The highest BCUT2D eigenvalue weighted by atomic mass is 16.2. The summed E-state index contributed by atoms with van der Waals surface area (Å²) in [6.45, 7) is 8.51. The highest BCUT2D eigenvalue weighted by Gasteiger charge is 2.31. The van der Waals surface area contributed by atoms with Gasteiger partial charge in [-0.2, -0.15) is 0 Å². The molecule has 0 aromatic carbocycles. The Balaban J connectivity index is 2.19. The number of amides is 1. The van der Waals surface area contributed by atoms with E-state index in [-0.39, 0.29) is 17.9 Å². The molecule has 0 saturated heterocycles. The first-order valence-corrected chi connectivity index (χ1v) is 7.79. The lowest BCUT2D eigenvalue weighted by Crippen LogP contribution is -2.38. The van der Waals surface area contributed by atoms with Crippen molar-refractivity contribution < 1.29 is 4.79 Å². The molecule has 5 nitrogen and oxygen atoms in total. The molecule has 1 amide bonds. The molecule has 5 heteroatoms. The van der Waals surface area contributed by atoms with Gasteiger partial charge in [0.1, 0.15) is 5.82 Å². The molecule has 0 radical (unpaired) electrons. The van der Waals surface area contributed by atoms with Crippen molar-refractivity contribution in [3.63, 3.8) is 0 Å². The Morgan fingerprint density at radius 1 is 1.33 bits per heavy atom. The van der Waals surface area contributed by atoms with Gasteiger partial charge in [-0.1, -0.05) is 27.7 Å². The van der Waals surface area contributed by atoms with E-state index in [1.165, 1.54) is 6.42 Å². The van der Waals surface area contributed by atoms with Crippen molar-refractivity contribution >= 4 is 11.6 Å².